The molecule has 1 N–H and O–H groups in total. The van der Waals surface area contributed by atoms with Gasteiger partial charge in [-0.05, 0) is 0 Å². The minimum Gasteiger partial charge on any atom is -0.347 e. The maximum absolute atomic E-state index is 11.2. The molecule has 9 heteroatoms. The predicted octanol–water partition coefficient (Wildman–Crippen LogP) is 0.877. The number of amides is 1. The fourth-order valence-electron chi connectivity index (χ4n) is 1.19. The Hall–Kier alpha value is 0.580. The first-order valence-electron chi connectivity index (χ1n) is 3.84. The lowest BCUT2D eigenvalue weighted by molar-refractivity contribution is -0.120. The molecule has 0 bridgehead atoms. The maximum Gasteiger partial charge on any atom is 0.272 e. The molecule has 1 aliphatic rings. The van der Waals surface area contributed by atoms with Crippen LogP contribution in [0, 0.1) is 0 Å². The normalized spacial score (nSPS) is 30.1. The van der Waals surface area contributed by atoms with Crippen molar-refractivity contribution >= 4 is 62.1 Å². The summed E-state index contributed by atoms with van der Waals surface area (Å²) in [4.78, 5) is 11.2. The van der Waals surface area contributed by atoms with Gasteiger partial charge in [0, 0.05) is 0 Å². The van der Waals surface area contributed by atoms with Gasteiger partial charge in [0.1, 0.15) is 0 Å². The van der Waals surface area contributed by atoms with Gasteiger partial charge >= 0.3 is 0 Å². The van der Waals surface area contributed by atoms with Crippen molar-refractivity contribution in [3.8, 4) is 0 Å². The zero-order valence-electron chi connectivity index (χ0n) is 7.21. The first-order chi connectivity index (χ1) is 6.62. The molecule has 15 heavy (non-hydrogen) atoms. The quantitative estimate of drug-likeness (QED) is 0.731. The number of carbonyl (C=O) groups excluding carboxylic acids is 1. The summed E-state index contributed by atoms with van der Waals surface area (Å²) in [5, 5.41) is 1.59. The molecule has 0 aliphatic carbocycles. The van der Waals surface area contributed by atoms with E-state index in [9.17, 15) is 13.2 Å². The Labute approximate surface area is 107 Å². The zero-order valence-corrected chi connectivity index (χ0v) is 11.1. The highest BCUT2D eigenvalue weighted by Gasteiger charge is 2.40. The van der Waals surface area contributed by atoms with Crippen molar-refractivity contribution in [3.63, 3.8) is 0 Å². The van der Waals surface area contributed by atoms with E-state index in [1.165, 1.54) is 0 Å². The molecule has 1 rings (SSSR count). The molecule has 0 radical (unpaired) electrons. The van der Waals surface area contributed by atoms with Crippen molar-refractivity contribution in [1.82, 2.24) is 5.32 Å². The molecule has 0 unspecified atom stereocenters. The topological polar surface area (TPSA) is 63.2 Å². The van der Waals surface area contributed by atoms with Crippen LogP contribution in [0.2, 0.25) is 0 Å². The molecule has 0 aromatic carbocycles. The second-order valence-corrected chi connectivity index (χ2v) is 8.17. The fourth-order valence-corrected chi connectivity index (χ4v) is 3.90. The van der Waals surface area contributed by atoms with Crippen molar-refractivity contribution in [3.05, 3.63) is 0 Å². The molecule has 0 saturated carbocycles. The first-order valence-corrected chi connectivity index (χ1v) is 7.23. The molecule has 88 valence electrons. The number of nitrogens with one attached hydrogen (secondary N) is 1. The lowest BCUT2D eigenvalue weighted by Gasteiger charge is -2.17. The van der Waals surface area contributed by atoms with Crippen molar-refractivity contribution in [2.45, 2.75) is 15.2 Å². The standard InChI is InChI=1S/C6H7Cl4NO3S/c7-3-1-15(13,14)2-4(3)11-5(12)6(8,9)10/h3-4H,1-2H2,(H,11,12)/t3-,4+/m1/s1. The van der Waals surface area contributed by atoms with Gasteiger partial charge in [-0.3, -0.25) is 4.79 Å². The highest BCUT2D eigenvalue weighted by Crippen LogP contribution is 2.27. The Kier molecular flexibility index (Phi) is 4.05. The molecule has 0 aromatic heterocycles. The summed E-state index contributed by atoms with van der Waals surface area (Å²) in [6.07, 6.45) is 0. The molecular formula is C6H7Cl4NO3S. The molecule has 4 nitrogen and oxygen atoms in total. The molecule has 1 heterocycles. The van der Waals surface area contributed by atoms with Crippen LogP contribution >= 0.6 is 46.4 Å². The smallest absolute Gasteiger partial charge is 0.272 e. The van der Waals surface area contributed by atoms with E-state index < -0.39 is 31.0 Å². The minimum absolute atomic E-state index is 0.181. The van der Waals surface area contributed by atoms with Gasteiger partial charge in [0.25, 0.3) is 9.70 Å². The van der Waals surface area contributed by atoms with Crippen LogP contribution in [-0.4, -0.2) is 41.0 Å². The molecule has 1 saturated heterocycles. The number of halogens is 4. The Morgan fingerprint density at radius 3 is 2.13 bits per heavy atom. The van der Waals surface area contributed by atoms with E-state index in [2.05, 4.69) is 5.32 Å². The summed E-state index contributed by atoms with van der Waals surface area (Å²) in [7, 11) is -3.21. The summed E-state index contributed by atoms with van der Waals surface area (Å²) >= 11 is 21.7. The molecule has 0 spiro atoms. The van der Waals surface area contributed by atoms with E-state index in [0.29, 0.717) is 0 Å². The molecular weight excluding hydrogens is 308 g/mol. The largest absolute Gasteiger partial charge is 0.347 e. The number of carbonyl (C=O) groups is 1. The molecule has 0 aromatic rings. The summed E-state index contributed by atoms with van der Waals surface area (Å²) in [6.45, 7) is 0. The van der Waals surface area contributed by atoms with Crippen molar-refractivity contribution < 1.29 is 13.2 Å². The van der Waals surface area contributed by atoms with Crippen LogP contribution in [0.25, 0.3) is 0 Å². The molecule has 1 fully saturated rings. The van der Waals surface area contributed by atoms with Crippen LogP contribution in [0.1, 0.15) is 0 Å². The van der Waals surface area contributed by atoms with Crippen LogP contribution in [-0.2, 0) is 14.6 Å². The lowest BCUT2D eigenvalue weighted by Crippen LogP contribution is -2.45. The number of hydrogen-bond donors (Lipinski definition) is 1. The van der Waals surface area contributed by atoms with Crippen molar-refractivity contribution in [2.75, 3.05) is 11.5 Å². The average Bonchev–Trinajstić information content (AvgIpc) is 2.22. The van der Waals surface area contributed by atoms with Gasteiger partial charge in [-0.25, -0.2) is 8.42 Å². The van der Waals surface area contributed by atoms with Gasteiger partial charge in [0.15, 0.2) is 9.84 Å². The van der Waals surface area contributed by atoms with Crippen LogP contribution in [0.3, 0.4) is 0 Å². The van der Waals surface area contributed by atoms with Crippen LogP contribution < -0.4 is 5.32 Å². The highest BCUT2D eigenvalue weighted by molar-refractivity contribution is 7.91. The Morgan fingerprint density at radius 2 is 1.80 bits per heavy atom. The van der Waals surface area contributed by atoms with E-state index in [1.54, 1.807) is 0 Å². The van der Waals surface area contributed by atoms with Crippen molar-refractivity contribution in [2.24, 2.45) is 0 Å². The van der Waals surface area contributed by atoms with E-state index in [1.807, 2.05) is 0 Å². The summed E-state index contributed by atoms with van der Waals surface area (Å²) in [5.74, 6) is -1.28. The Bertz CT molecular complexity index is 363. The molecule has 1 amide bonds. The van der Waals surface area contributed by atoms with Crippen LogP contribution in [0.15, 0.2) is 0 Å². The van der Waals surface area contributed by atoms with Gasteiger partial charge in [0.05, 0.1) is 22.9 Å². The van der Waals surface area contributed by atoms with Crippen LogP contribution in [0.4, 0.5) is 0 Å². The second-order valence-electron chi connectivity index (χ2n) is 3.17. The summed E-state index contributed by atoms with van der Waals surface area (Å²) in [5.41, 5.74) is 0. The third-order valence-corrected chi connectivity index (χ3v) is 4.75. The molecule has 1 aliphatic heterocycles. The third kappa shape index (κ3) is 3.82. The monoisotopic (exact) mass is 313 g/mol. The van der Waals surface area contributed by atoms with Gasteiger partial charge in [-0.2, -0.15) is 0 Å². The summed E-state index contributed by atoms with van der Waals surface area (Å²) in [6, 6.07) is -0.709. The molecule has 2 atom stereocenters. The number of sulfone groups is 1. The van der Waals surface area contributed by atoms with Gasteiger partial charge in [0.2, 0.25) is 0 Å². The number of hydrogen-bond acceptors (Lipinski definition) is 3. The van der Waals surface area contributed by atoms with E-state index in [4.69, 9.17) is 46.4 Å². The van der Waals surface area contributed by atoms with E-state index in [-0.39, 0.29) is 11.5 Å². The predicted molar refractivity (Wildman–Crippen MR) is 60.5 cm³/mol. The summed E-state index contributed by atoms with van der Waals surface area (Å²) < 4.78 is 20.2. The van der Waals surface area contributed by atoms with Gasteiger partial charge < -0.3 is 5.32 Å². The average molecular weight is 315 g/mol. The zero-order chi connectivity index (χ0) is 11.9. The van der Waals surface area contributed by atoms with Gasteiger partial charge in [-0.1, -0.05) is 34.8 Å². The first kappa shape index (κ1) is 13.6. The Morgan fingerprint density at radius 1 is 1.27 bits per heavy atom. The SMILES string of the molecule is O=C(N[C@H]1CS(=O)(=O)C[C@H]1Cl)C(Cl)(Cl)Cl. The van der Waals surface area contributed by atoms with Crippen LogP contribution in [0.5, 0.6) is 0 Å². The van der Waals surface area contributed by atoms with E-state index >= 15 is 0 Å². The minimum atomic E-state index is -3.21. The van der Waals surface area contributed by atoms with Crippen molar-refractivity contribution in [1.29, 1.82) is 0 Å². The Balaban J connectivity index is 2.66. The maximum atomic E-state index is 11.2. The second kappa shape index (κ2) is 4.45. The third-order valence-electron chi connectivity index (χ3n) is 1.86. The lowest BCUT2D eigenvalue weighted by atomic mass is 10.2. The fraction of sp³-hybridized carbons (Fsp3) is 0.833. The number of alkyl halides is 4. The van der Waals surface area contributed by atoms with E-state index in [0.717, 1.165) is 0 Å². The highest BCUT2D eigenvalue weighted by atomic mass is 35.6. The number of rotatable bonds is 1. The van der Waals surface area contributed by atoms with Gasteiger partial charge in [-0.15, -0.1) is 11.6 Å².